The number of rotatable bonds is 4. The van der Waals surface area contributed by atoms with E-state index in [4.69, 9.17) is 5.26 Å². The molecule has 0 radical (unpaired) electrons. The number of likely N-dealkylation sites (tertiary alicyclic amines) is 1. The number of hydrogen-bond acceptors (Lipinski definition) is 3. The molecule has 0 aliphatic carbocycles. The summed E-state index contributed by atoms with van der Waals surface area (Å²) in [5.74, 6) is 0.174. The van der Waals surface area contributed by atoms with E-state index < -0.39 is 5.82 Å². The molecule has 1 fully saturated rings. The molecule has 0 spiro atoms. The predicted octanol–water partition coefficient (Wildman–Crippen LogP) is 2.45. The molecule has 1 aliphatic heterocycles. The van der Waals surface area contributed by atoms with Gasteiger partial charge in [-0.25, -0.2) is 4.39 Å². The smallest absolute Gasteiger partial charge is 0.143 e. The summed E-state index contributed by atoms with van der Waals surface area (Å²) in [5, 5.41) is 11.9. The monoisotopic (exact) mass is 247 g/mol. The van der Waals surface area contributed by atoms with Crippen molar-refractivity contribution in [2.45, 2.75) is 13.3 Å². The van der Waals surface area contributed by atoms with Crippen molar-refractivity contribution >= 4 is 5.69 Å². The van der Waals surface area contributed by atoms with E-state index in [0.717, 1.165) is 31.9 Å². The van der Waals surface area contributed by atoms with Gasteiger partial charge in [0.05, 0.1) is 5.56 Å². The van der Waals surface area contributed by atoms with Gasteiger partial charge in [-0.1, -0.05) is 6.92 Å². The molecule has 1 aromatic carbocycles. The third kappa shape index (κ3) is 2.99. The van der Waals surface area contributed by atoms with E-state index in [1.807, 2.05) is 6.07 Å². The Kier molecular flexibility index (Phi) is 4.16. The molecule has 1 aromatic rings. The number of hydrogen-bond donors (Lipinski definition) is 1. The standard InChI is InChI=1S/C14H18FN3/c1-2-18-6-5-11(10-18)9-17-13-4-3-12(8-16)14(15)7-13/h3-4,7,11,17H,2,5-6,9-10H2,1H3. The molecule has 0 amide bonds. The van der Waals surface area contributed by atoms with E-state index >= 15 is 0 Å². The largest absolute Gasteiger partial charge is 0.385 e. The lowest BCUT2D eigenvalue weighted by atomic mass is 10.1. The summed E-state index contributed by atoms with van der Waals surface area (Å²) < 4.78 is 13.4. The van der Waals surface area contributed by atoms with E-state index in [2.05, 4.69) is 17.1 Å². The van der Waals surface area contributed by atoms with Gasteiger partial charge >= 0.3 is 0 Å². The average molecular weight is 247 g/mol. The van der Waals surface area contributed by atoms with Gasteiger partial charge in [0.2, 0.25) is 0 Å². The Labute approximate surface area is 107 Å². The minimum absolute atomic E-state index is 0.0959. The van der Waals surface area contributed by atoms with E-state index in [0.29, 0.717) is 5.92 Å². The molecule has 3 nitrogen and oxygen atoms in total. The van der Waals surface area contributed by atoms with Gasteiger partial charge in [0, 0.05) is 18.8 Å². The fourth-order valence-electron chi connectivity index (χ4n) is 2.34. The highest BCUT2D eigenvalue weighted by Crippen LogP contribution is 2.18. The van der Waals surface area contributed by atoms with Gasteiger partial charge in [0.25, 0.3) is 0 Å². The fraction of sp³-hybridized carbons (Fsp3) is 0.500. The molecular formula is C14H18FN3. The highest BCUT2D eigenvalue weighted by Gasteiger charge is 2.20. The molecule has 0 aromatic heterocycles. The summed E-state index contributed by atoms with van der Waals surface area (Å²) >= 11 is 0. The molecule has 1 saturated heterocycles. The quantitative estimate of drug-likeness (QED) is 0.888. The molecular weight excluding hydrogens is 229 g/mol. The molecule has 96 valence electrons. The van der Waals surface area contributed by atoms with Gasteiger partial charge in [0.1, 0.15) is 11.9 Å². The molecule has 1 unspecified atom stereocenters. The summed E-state index contributed by atoms with van der Waals surface area (Å²) in [6, 6.07) is 6.49. The first-order valence-corrected chi connectivity index (χ1v) is 6.38. The molecule has 0 bridgehead atoms. The summed E-state index contributed by atoms with van der Waals surface area (Å²) in [6.45, 7) is 6.41. The SMILES string of the molecule is CCN1CCC(CNc2ccc(C#N)c(F)c2)C1. The Bertz CT molecular complexity index is 453. The van der Waals surface area contributed by atoms with Crippen LogP contribution >= 0.6 is 0 Å². The maximum atomic E-state index is 13.4. The van der Waals surface area contributed by atoms with Gasteiger partial charge < -0.3 is 10.2 Å². The maximum absolute atomic E-state index is 13.4. The van der Waals surface area contributed by atoms with Gasteiger partial charge in [0.15, 0.2) is 0 Å². The fourth-order valence-corrected chi connectivity index (χ4v) is 2.34. The zero-order valence-electron chi connectivity index (χ0n) is 10.6. The first-order chi connectivity index (χ1) is 8.72. The number of nitriles is 1. The molecule has 1 heterocycles. The van der Waals surface area contributed by atoms with Gasteiger partial charge in [-0.3, -0.25) is 0 Å². The number of anilines is 1. The molecule has 4 heteroatoms. The minimum atomic E-state index is -0.455. The third-order valence-electron chi connectivity index (χ3n) is 3.50. The van der Waals surface area contributed by atoms with E-state index in [1.54, 1.807) is 6.07 Å². The van der Waals surface area contributed by atoms with Crippen LogP contribution in [0.15, 0.2) is 18.2 Å². The molecule has 18 heavy (non-hydrogen) atoms. The number of nitrogens with zero attached hydrogens (tertiary/aromatic N) is 2. The molecule has 1 aliphatic rings. The van der Waals surface area contributed by atoms with Crippen LogP contribution in [0.1, 0.15) is 18.9 Å². The van der Waals surface area contributed by atoms with E-state index in [9.17, 15) is 4.39 Å². The lowest BCUT2D eigenvalue weighted by Gasteiger charge is -2.14. The Morgan fingerprint density at radius 1 is 1.56 bits per heavy atom. The Morgan fingerprint density at radius 2 is 2.39 bits per heavy atom. The van der Waals surface area contributed by atoms with Crippen molar-refractivity contribution < 1.29 is 4.39 Å². The van der Waals surface area contributed by atoms with Crippen LogP contribution in [0.2, 0.25) is 0 Å². The summed E-state index contributed by atoms with van der Waals surface area (Å²) in [7, 11) is 0. The van der Waals surface area contributed by atoms with Crippen LogP contribution in [-0.2, 0) is 0 Å². The van der Waals surface area contributed by atoms with Gasteiger partial charge in [-0.2, -0.15) is 5.26 Å². The summed E-state index contributed by atoms with van der Waals surface area (Å²) in [4.78, 5) is 2.42. The van der Waals surface area contributed by atoms with Crippen molar-refractivity contribution in [2.75, 3.05) is 31.5 Å². The molecule has 1 N–H and O–H groups in total. The van der Waals surface area contributed by atoms with Crippen LogP contribution in [0.3, 0.4) is 0 Å². The van der Waals surface area contributed by atoms with Crippen LogP contribution in [0.4, 0.5) is 10.1 Å². The van der Waals surface area contributed by atoms with Crippen LogP contribution in [0.25, 0.3) is 0 Å². The Morgan fingerprint density at radius 3 is 3.00 bits per heavy atom. The topological polar surface area (TPSA) is 39.1 Å². The number of halogens is 1. The normalized spacial score (nSPS) is 19.7. The lowest BCUT2D eigenvalue weighted by molar-refractivity contribution is 0.345. The zero-order valence-corrected chi connectivity index (χ0v) is 10.6. The third-order valence-corrected chi connectivity index (χ3v) is 3.50. The second-order valence-electron chi connectivity index (χ2n) is 4.74. The maximum Gasteiger partial charge on any atom is 0.143 e. The van der Waals surface area contributed by atoms with Crippen LogP contribution in [0, 0.1) is 23.1 Å². The van der Waals surface area contributed by atoms with Gasteiger partial charge in [-0.15, -0.1) is 0 Å². The van der Waals surface area contributed by atoms with E-state index in [1.165, 1.54) is 18.6 Å². The molecule has 1 atom stereocenters. The van der Waals surface area contributed by atoms with Crippen LogP contribution in [0.5, 0.6) is 0 Å². The van der Waals surface area contributed by atoms with Crippen molar-refractivity contribution in [1.82, 2.24) is 4.90 Å². The van der Waals surface area contributed by atoms with Crippen LogP contribution in [-0.4, -0.2) is 31.1 Å². The second-order valence-corrected chi connectivity index (χ2v) is 4.74. The Balaban J connectivity index is 1.87. The van der Waals surface area contributed by atoms with Crippen molar-refractivity contribution in [3.05, 3.63) is 29.6 Å². The lowest BCUT2D eigenvalue weighted by Crippen LogP contribution is -2.22. The molecule has 2 rings (SSSR count). The first-order valence-electron chi connectivity index (χ1n) is 6.38. The highest BCUT2D eigenvalue weighted by molar-refractivity contribution is 5.48. The summed E-state index contributed by atoms with van der Waals surface area (Å²) in [6.07, 6.45) is 1.19. The average Bonchev–Trinajstić information content (AvgIpc) is 2.84. The minimum Gasteiger partial charge on any atom is -0.385 e. The van der Waals surface area contributed by atoms with Crippen molar-refractivity contribution in [3.8, 4) is 6.07 Å². The number of benzene rings is 1. The van der Waals surface area contributed by atoms with Crippen molar-refractivity contribution in [2.24, 2.45) is 5.92 Å². The van der Waals surface area contributed by atoms with Crippen molar-refractivity contribution in [1.29, 1.82) is 5.26 Å². The summed E-state index contributed by atoms with van der Waals surface area (Å²) in [5.41, 5.74) is 0.847. The number of nitrogens with one attached hydrogen (secondary N) is 1. The van der Waals surface area contributed by atoms with Gasteiger partial charge in [-0.05, 0) is 43.6 Å². The predicted molar refractivity (Wildman–Crippen MR) is 69.8 cm³/mol. The van der Waals surface area contributed by atoms with Crippen molar-refractivity contribution in [3.63, 3.8) is 0 Å². The van der Waals surface area contributed by atoms with Crippen LogP contribution < -0.4 is 5.32 Å². The van der Waals surface area contributed by atoms with E-state index in [-0.39, 0.29) is 5.56 Å². The molecule has 0 saturated carbocycles. The first kappa shape index (κ1) is 12.8. The Hall–Kier alpha value is -1.60. The highest BCUT2D eigenvalue weighted by atomic mass is 19.1. The second kappa shape index (κ2) is 5.83. The zero-order chi connectivity index (χ0) is 13.0.